The van der Waals surface area contributed by atoms with Crippen LogP contribution in [0.25, 0.3) is 10.8 Å². The number of nitrogens with one attached hydrogen (secondary N) is 1. The molecule has 4 heteroatoms. The normalized spacial score (nSPS) is 20.5. The van der Waals surface area contributed by atoms with Crippen LogP contribution < -0.4 is 5.32 Å². The summed E-state index contributed by atoms with van der Waals surface area (Å²) < 4.78 is 11.1. The zero-order valence-electron chi connectivity index (χ0n) is 12.0. The second-order valence-electron chi connectivity index (χ2n) is 5.36. The fourth-order valence-electron chi connectivity index (χ4n) is 2.55. The van der Waals surface area contributed by atoms with Crippen molar-refractivity contribution < 1.29 is 14.6 Å². The summed E-state index contributed by atoms with van der Waals surface area (Å²) in [6.07, 6.45) is -0.520. The number of ether oxygens (including phenoxy) is 2. The smallest absolute Gasteiger partial charge is 0.102 e. The Kier molecular flexibility index (Phi) is 4.83. The first-order valence-electron chi connectivity index (χ1n) is 7.40. The summed E-state index contributed by atoms with van der Waals surface area (Å²) in [6.45, 7) is 3.24. The van der Waals surface area contributed by atoms with Crippen molar-refractivity contribution in [3.05, 3.63) is 48.0 Å². The number of fused-ring (bicyclic) bond motifs is 1. The lowest BCUT2D eigenvalue weighted by molar-refractivity contribution is -0.0501. The molecule has 1 aliphatic rings. The summed E-state index contributed by atoms with van der Waals surface area (Å²) in [5.41, 5.74) is 0.886. The lowest BCUT2D eigenvalue weighted by atomic mass is 10.0. The second-order valence-corrected chi connectivity index (χ2v) is 5.36. The average molecular weight is 287 g/mol. The summed E-state index contributed by atoms with van der Waals surface area (Å²) in [4.78, 5) is 0. The molecule has 0 bridgehead atoms. The number of aliphatic hydroxyl groups is 1. The van der Waals surface area contributed by atoms with Crippen LogP contribution in [0.1, 0.15) is 11.7 Å². The maximum atomic E-state index is 10.2. The Morgan fingerprint density at radius 1 is 1.24 bits per heavy atom. The fraction of sp³-hybridized carbons (Fsp3) is 0.412. The van der Waals surface area contributed by atoms with Crippen molar-refractivity contribution in [1.29, 1.82) is 0 Å². The van der Waals surface area contributed by atoms with Crippen molar-refractivity contribution >= 4 is 10.8 Å². The maximum Gasteiger partial charge on any atom is 0.102 e. The van der Waals surface area contributed by atoms with E-state index >= 15 is 0 Å². The standard InChI is InChI=1S/C17H21NO3/c19-17(12-20-11-16-10-18-7-8-21-16)15-6-5-13-3-1-2-4-14(13)9-15/h1-6,9,16-19H,7-8,10-12H2. The van der Waals surface area contributed by atoms with Crippen molar-refractivity contribution in [2.24, 2.45) is 0 Å². The molecule has 0 aliphatic carbocycles. The van der Waals surface area contributed by atoms with Crippen LogP contribution in [-0.4, -0.2) is 44.1 Å². The third kappa shape index (κ3) is 3.80. The summed E-state index contributed by atoms with van der Waals surface area (Å²) >= 11 is 0. The molecular weight excluding hydrogens is 266 g/mol. The van der Waals surface area contributed by atoms with E-state index in [4.69, 9.17) is 9.47 Å². The van der Waals surface area contributed by atoms with Gasteiger partial charge in [0.15, 0.2) is 0 Å². The molecule has 0 aromatic heterocycles. The van der Waals surface area contributed by atoms with E-state index in [0.29, 0.717) is 6.61 Å². The Labute approximate surface area is 124 Å². The minimum absolute atomic E-state index is 0.0857. The maximum absolute atomic E-state index is 10.2. The molecule has 112 valence electrons. The van der Waals surface area contributed by atoms with Gasteiger partial charge in [0.2, 0.25) is 0 Å². The van der Waals surface area contributed by atoms with Gasteiger partial charge in [-0.05, 0) is 22.4 Å². The molecule has 1 saturated heterocycles. The highest BCUT2D eigenvalue weighted by atomic mass is 16.5. The molecule has 1 aliphatic heterocycles. The molecule has 0 amide bonds. The minimum Gasteiger partial charge on any atom is -0.386 e. The van der Waals surface area contributed by atoms with Gasteiger partial charge in [-0.3, -0.25) is 0 Å². The van der Waals surface area contributed by atoms with Crippen molar-refractivity contribution in [3.63, 3.8) is 0 Å². The van der Waals surface area contributed by atoms with Gasteiger partial charge in [0.25, 0.3) is 0 Å². The number of hydrogen-bond acceptors (Lipinski definition) is 4. The van der Waals surface area contributed by atoms with Gasteiger partial charge in [-0.25, -0.2) is 0 Å². The number of hydrogen-bond donors (Lipinski definition) is 2. The Hall–Kier alpha value is -1.46. The van der Waals surface area contributed by atoms with Crippen LogP contribution in [0.4, 0.5) is 0 Å². The predicted molar refractivity (Wildman–Crippen MR) is 82.3 cm³/mol. The molecule has 2 atom stereocenters. The predicted octanol–water partition coefficient (Wildman–Crippen LogP) is 1.88. The first-order valence-corrected chi connectivity index (χ1v) is 7.40. The topological polar surface area (TPSA) is 50.7 Å². The highest BCUT2D eigenvalue weighted by Crippen LogP contribution is 2.20. The van der Waals surface area contributed by atoms with Crippen LogP contribution in [0.3, 0.4) is 0 Å². The van der Waals surface area contributed by atoms with Gasteiger partial charge >= 0.3 is 0 Å². The molecule has 0 saturated carbocycles. The molecular formula is C17H21NO3. The highest BCUT2D eigenvalue weighted by molar-refractivity contribution is 5.83. The Bertz CT molecular complexity index is 581. The van der Waals surface area contributed by atoms with Crippen molar-refractivity contribution in [1.82, 2.24) is 5.32 Å². The van der Waals surface area contributed by atoms with Crippen LogP contribution in [0.15, 0.2) is 42.5 Å². The highest BCUT2D eigenvalue weighted by Gasteiger charge is 2.15. The van der Waals surface area contributed by atoms with Gasteiger partial charge < -0.3 is 19.9 Å². The van der Waals surface area contributed by atoms with E-state index in [9.17, 15) is 5.11 Å². The first-order chi connectivity index (χ1) is 10.3. The molecule has 2 N–H and O–H groups in total. The van der Waals surface area contributed by atoms with E-state index < -0.39 is 6.10 Å². The van der Waals surface area contributed by atoms with Gasteiger partial charge in [-0.2, -0.15) is 0 Å². The molecule has 3 rings (SSSR count). The molecule has 1 heterocycles. The Morgan fingerprint density at radius 2 is 2.10 bits per heavy atom. The number of aliphatic hydroxyl groups excluding tert-OH is 1. The zero-order chi connectivity index (χ0) is 14.5. The number of rotatable bonds is 5. The number of benzene rings is 2. The molecule has 0 spiro atoms. The SMILES string of the molecule is OC(COCC1CNCCO1)c1ccc2ccccc2c1. The lowest BCUT2D eigenvalue weighted by Crippen LogP contribution is -2.41. The molecule has 21 heavy (non-hydrogen) atoms. The van der Waals surface area contributed by atoms with Crippen LogP contribution >= 0.6 is 0 Å². The number of morpholine rings is 1. The zero-order valence-corrected chi connectivity index (χ0v) is 12.0. The van der Waals surface area contributed by atoms with E-state index in [1.807, 2.05) is 36.4 Å². The van der Waals surface area contributed by atoms with Gasteiger partial charge in [-0.15, -0.1) is 0 Å². The largest absolute Gasteiger partial charge is 0.386 e. The van der Waals surface area contributed by atoms with E-state index in [2.05, 4.69) is 11.4 Å². The van der Waals surface area contributed by atoms with Crippen LogP contribution in [0.2, 0.25) is 0 Å². The first kappa shape index (κ1) is 14.5. The van der Waals surface area contributed by atoms with Gasteiger partial charge in [0.1, 0.15) is 6.10 Å². The minimum atomic E-state index is -0.605. The van der Waals surface area contributed by atoms with Gasteiger partial charge in [-0.1, -0.05) is 36.4 Å². The lowest BCUT2D eigenvalue weighted by Gasteiger charge is -2.24. The molecule has 0 radical (unpaired) electrons. The average Bonchev–Trinajstić information content (AvgIpc) is 2.55. The van der Waals surface area contributed by atoms with Crippen molar-refractivity contribution in [2.45, 2.75) is 12.2 Å². The van der Waals surface area contributed by atoms with E-state index in [0.717, 1.165) is 30.6 Å². The van der Waals surface area contributed by atoms with Crippen molar-refractivity contribution in [2.75, 3.05) is 32.9 Å². The summed E-state index contributed by atoms with van der Waals surface area (Å²) in [5, 5.41) is 15.8. The van der Waals surface area contributed by atoms with E-state index in [1.165, 1.54) is 5.39 Å². The molecule has 2 aromatic rings. The third-order valence-electron chi connectivity index (χ3n) is 3.74. The second kappa shape index (κ2) is 7.00. The van der Waals surface area contributed by atoms with Gasteiger partial charge in [0.05, 0.1) is 25.9 Å². The Balaban J connectivity index is 1.54. The summed E-state index contributed by atoms with van der Waals surface area (Å²) in [7, 11) is 0. The third-order valence-corrected chi connectivity index (χ3v) is 3.74. The van der Waals surface area contributed by atoms with Crippen LogP contribution in [0, 0.1) is 0 Å². The molecule has 2 unspecified atom stereocenters. The van der Waals surface area contributed by atoms with E-state index in [-0.39, 0.29) is 12.7 Å². The molecule has 4 nitrogen and oxygen atoms in total. The summed E-state index contributed by atoms with van der Waals surface area (Å²) in [6, 6.07) is 14.1. The summed E-state index contributed by atoms with van der Waals surface area (Å²) in [5.74, 6) is 0. The molecule has 2 aromatic carbocycles. The molecule has 1 fully saturated rings. The van der Waals surface area contributed by atoms with E-state index in [1.54, 1.807) is 0 Å². The monoisotopic (exact) mass is 287 g/mol. The Morgan fingerprint density at radius 3 is 2.90 bits per heavy atom. The fourth-order valence-corrected chi connectivity index (χ4v) is 2.55. The van der Waals surface area contributed by atoms with Crippen LogP contribution in [-0.2, 0) is 9.47 Å². The quantitative estimate of drug-likeness (QED) is 0.881. The van der Waals surface area contributed by atoms with Crippen molar-refractivity contribution in [3.8, 4) is 0 Å². The van der Waals surface area contributed by atoms with Gasteiger partial charge in [0, 0.05) is 13.1 Å². The van der Waals surface area contributed by atoms with Crippen LogP contribution in [0.5, 0.6) is 0 Å².